The lowest BCUT2D eigenvalue weighted by Gasteiger charge is -2.23. The van der Waals surface area contributed by atoms with Crippen LogP contribution in [-0.2, 0) is 9.59 Å². The Kier molecular flexibility index (Phi) is 3.57. The van der Waals surface area contributed by atoms with Gasteiger partial charge in [-0.15, -0.1) is 0 Å². The fourth-order valence-electron chi connectivity index (χ4n) is 2.47. The summed E-state index contributed by atoms with van der Waals surface area (Å²) in [7, 11) is 0. The first-order valence-electron chi connectivity index (χ1n) is 6.52. The molecule has 20 heavy (non-hydrogen) atoms. The van der Waals surface area contributed by atoms with Crippen molar-refractivity contribution in [2.45, 2.75) is 33.1 Å². The topological polar surface area (TPSA) is 87.6 Å². The van der Waals surface area contributed by atoms with Crippen LogP contribution in [-0.4, -0.2) is 27.9 Å². The molecule has 1 fully saturated rings. The van der Waals surface area contributed by atoms with E-state index in [0.29, 0.717) is 12.8 Å². The van der Waals surface area contributed by atoms with Gasteiger partial charge in [0.25, 0.3) is 0 Å². The zero-order valence-electron chi connectivity index (χ0n) is 11.4. The van der Waals surface area contributed by atoms with Gasteiger partial charge in [-0.05, 0) is 25.0 Å². The predicted octanol–water partition coefficient (Wildman–Crippen LogP) is 1.85. The maximum absolute atomic E-state index is 12.5. The van der Waals surface area contributed by atoms with Gasteiger partial charge in [-0.1, -0.05) is 13.8 Å². The van der Waals surface area contributed by atoms with Gasteiger partial charge >= 0.3 is 5.97 Å². The largest absolute Gasteiger partial charge is 0.478 e. The van der Waals surface area contributed by atoms with E-state index in [2.05, 4.69) is 4.98 Å². The lowest BCUT2D eigenvalue weighted by molar-refractivity contribution is -0.126. The number of imide groups is 1. The van der Waals surface area contributed by atoms with Crippen molar-refractivity contribution in [3.8, 4) is 0 Å². The van der Waals surface area contributed by atoms with E-state index in [0.717, 1.165) is 11.1 Å². The summed E-state index contributed by atoms with van der Waals surface area (Å²) in [5.41, 5.74) is -0.630. The fraction of sp³-hybridized carbons (Fsp3) is 0.429. The smallest absolute Gasteiger partial charge is 0.337 e. The third kappa shape index (κ3) is 2.07. The first-order valence-corrected chi connectivity index (χ1v) is 6.52. The molecule has 0 radical (unpaired) electrons. The van der Waals surface area contributed by atoms with Crippen molar-refractivity contribution in [2.75, 3.05) is 4.90 Å². The van der Waals surface area contributed by atoms with Gasteiger partial charge in [-0.2, -0.15) is 0 Å². The average molecular weight is 276 g/mol. The lowest BCUT2D eigenvalue weighted by atomic mass is 9.81. The molecular weight excluding hydrogens is 260 g/mol. The number of carboxylic acid groups (broad SMARTS) is 1. The van der Waals surface area contributed by atoms with E-state index in [1.807, 2.05) is 13.8 Å². The van der Waals surface area contributed by atoms with Crippen LogP contribution in [0.5, 0.6) is 0 Å². The Hall–Kier alpha value is -2.24. The van der Waals surface area contributed by atoms with Crippen LogP contribution in [0, 0.1) is 5.41 Å². The molecule has 106 valence electrons. The van der Waals surface area contributed by atoms with Gasteiger partial charge in [0, 0.05) is 12.6 Å². The van der Waals surface area contributed by atoms with E-state index in [1.165, 1.54) is 12.1 Å². The number of anilines is 1. The van der Waals surface area contributed by atoms with Gasteiger partial charge in [0.2, 0.25) is 11.8 Å². The van der Waals surface area contributed by atoms with Gasteiger partial charge in [-0.3, -0.25) is 9.59 Å². The molecule has 6 nitrogen and oxygen atoms in total. The molecule has 1 aromatic rings. The SMILES string of the molecule is CCC1(CC)CC(=O)N(c2ccc(C(=O)O)cn2)C1=O. The number of aromatic nitrogens is 1. The highest BCUT2D eigenvalue weighted by Gasteiger charge is 2.50. The first kappa shape index (κ1) is 14.2. The summed E-state index contributed by atoms with van der Waals surface area (Å²) in [5.74, 6) is -1.44. The third-order valence-corrected chi connectivity index (χ3v) is 3.97. The van der Waals surface area contributed by atoms with Crippen LogP contribution in [0.2, 0.25) is 0 Å². The molecule has 0 spiro atoms. The van der Waals surface area contributed by atoms with Crippen molar-refractivity contribution in [1.82, 2.24) is 4.98 Å². The standard InChI is InChI=1S/C14H16N2O4/c1-3-14(4-2)7-11(17)16(13(14)20)10-6-5-9(8-15-10)12(18)19/h5-6,8H,3-4,7H2,1-2H3,(H,18,19). The summed E-state index contributed by atoms with van der Waals surface area (Å²) < 4.78 is 0. The van der Waals surface area contributed by atoms with Crippen molar-refractivity contribution in [3.63, 3.8) is 0 Å². The summed E-state index contributed by atoms with van der Waals surface area (Å²) in [6.45, 7) is 3.78. The number of rotatable bonds is 4. The van der Waals surface area contributed by atoms with Crippen LogP contribution in [0.3, 0.4) is 0 Å². The molecule has 1 saturated heterocycles. The Morgan fingerprint density at radius 1 is 1.35 bits per heavy atom. The van der Waals surface area contributed by atoms with E-state index in [9.17, 15) is 14.4 Å². The molecule has 2 heterocycles. The Balaban J connectivity index is 2.35. The van der Waals surface area contributed by atoms with Gasteiger partial charge in [0.1, 0.15) is 5.82 Å². The number of aromatic carboxylic acids is 1. The molecule has 1 aliphatic heterocycles. The number of nitrogens with zero attached hydrogens (tertiary/aromatic N) is 2. The van der Waals surface area contributed by atoms with E-state index >= 15 is 0 Å². The van der Waals surface area contributed by atoms with Gasteiger partial charge < -0.3 is 5.11 Å². The van der Waals surface area contributed by atoms with E-state index in [4.69, 9.17) is 5.11 Å². The van der Waals surface area contributed by atoms with Crippen molar-refractivity contribution in [3.05, 3.63) is 23.9 Å². The second-order valence-electron chi connectivity index (χ2n) is 4.91. The van der Waals surface area contributed by atoms with E-state index < -0.39 is 11.4 Å². The van der Waals surface area contributed by atoms with Crippen molar-refractivity contribution in [1.29, 1.82) is 0 Å². The molecule has 2 rings (SSSR count). The summed E-state index contributed by atoms with van der Waals surface area (Å²) >= 11 is 0. The van der Waals surface area contributed by atoms with Gasteiger partial charge in [0.15, 0.2) is 0 Å². The van der Waals surface area contributed by atoms with Crippen LogP contribution in [0.4, 0.5) is 5.82 Å². The van der Waals surface area contributed by atoms with Crippen LogP contribution in [0.15, 0.2) is 18.3 Å². The minimum atomic E-state index is -1.10. The van der Waals surface area contributed by atoms with Crippen molar-refractivity contribution < 1.29 is 19.5 Å². The van der Waals surface area contributed by atoms with Crippen LogP contribution in [0.1, 0.15) is 43.5 Å². The van der Waals surface area contributed by atoms with Crippen molar-refractivity contribution in [2.24, 2.45) is 5.41 Å². The molecule has 0 aliphatic carbocycles. The number of carbonyl (C=O) groups excluding carboxylic acids is 2. The molecule has 6 heteroatoms. The maximum atomic E-state index is 12.5. The predicted molar refractivity (Wildman–Crippen MR) is 71.3 cm³/mol. The van der Waals surface area contributed by atoms with Crippen LogP contribution in [0.25, 0.3) is 0 Å². The number of pyridine rings is 1. The molecule has 0 atom stereocenters. The quantitative estimate of drug-likeness (QED) is 0.848. The molecular formula is C14H16N2O4. The normalized spacial score (nSPS) is 17.6. The zero-order chi connectivity index (χ0) is 14.9. The highest BCUT2D eigenvalue weighted by molar-refractivity contribution is 6.22. The summed E-state index contributed by atoms with van der Waals surface area (Å²) in [6.07, 6.45) is 2.52. The number of hydrogen-bond donors (Lipinski definition) is 1. The second-order valence-corrected chi connectivity index (χ2v) is 4.91. The van der Waals surface area contributed by atoms with Gasteiger partial charge in [-0.25, -0.2) is 14.7 Å². The number of carboxylic acids is 1. The first-order chi connectivity index (χ1) is 9.45. The highest BCUT2D eigenvalue weighted by atomic mass is 16.4. The van der Waals surface area contributed by atoms with Crippen LogP contribution >= 0.6 is 0 Å². The minimum absolute atomic E-state index is 0.0186. The summed E-state index contributed by atoms with van der Waals surface area (Å²) in [5, 5.41) is 8.82. The molecule has 0 aromatic carbocycles. The Morgan fingerprint density at radius 3 is 2.40 bits per heavy atom. The summed E-state index contributed by atoms with van der Waals surface area (Å²) in [4.78, 5) is 40.3. The lowest BCUT2D eigenvalue weighted by Crippen LogP contribution is -2.35. The number of amides is 2. The summed E-state index contributed by atoms with van der Waals surface area (Å²) in [6, 6.07) is 2.73. The Labute approximate surface area is 116 Å². The second kappa shape index (κ2) is 5.03. The zero-order valence-corrected chi connectivity index (χ0v) is 11.4. The highest BCUT2D eigenvalue weighted by Crippen LogP contribution is 2.40. The third-order valence-electron chi connectivity index (χ3n) is 3.97. The molecule has 1 aliphatic rings. The van der Waals surface area contributed by atoms with Crippen LogP contribution < -0.4 is 4.90 Å². The molecule has 1 N–H and O–H groups in total. The fourth-order valence-corrected chi connectivity index (χ4v) is 2.47. The average Bonchev–Trinajstić information content (AvgIpc) is 2.70. The van der Waals surface area contributed by atoms with Gasteiger partial charge in [0.05, 0.1) is 11.0 Å². The molecule has 0 saturated carbocycles. The molecule has 0 unspecified atom stereocenters. The van der Waals surface area contributed by atoms with Crippen molar-refractivity contribution >= 4 is 23.6 Å². The Bertz CT molecular complexity index is 561. The van der Waals surface area contributed by atoms with E-state index in [1.54, 1.807) is 0 Å². The molecule has 0 bridgehead atoms. The molecule has 1 aromatic heterocycles. The number of carbonyl (C=O) groups is 3. The Morgan fingerprint density at radius 2 is 2.00 bits per heavy atom. The monoisotopic (exact) mass is 276 g/mol. The van der Waals surface area contributed by atoms with E-state index in [-0.39, 0.29) is 29.6 Å². The maximum Gasteiger partial charge on any atom is 0.337 e. The number of hydrogen-bond acceptors (Lipinski definition) is 4. The molecule has 2 amide bonds. The minimum Gasteiger partial charge on any atom is -0.478 e.